The van der Waals surface area contributed by atoms with Gasteiger partial charge in [0, 0.05) is 19.2 Å². The normalized spacial score (nSPS) is 15.2. The molecule has 1 fully saturated rings. The summed E-state index contributed by atoms with van der Waals surface area (Å²) in [5.41, 5.74) is 2.63. The number of carbonyl (C=O) groups excluding carboxylic acids is 1. The molecule has 2 N–H and O–H groups in total. The van der Waals surface area contributed by atoms with Crippen LogP contribution in [-0.4, -0.2) is 34.1 Å². The first-order valence-corrected chi connectivity index (χ1v) is 6.74. The Morgan fingerprint density at radius 3 is 2.55 bits per heavy atom. The van der Waals surface area contributed by atoms with Crippen molar-refractivity contribution >= 4 is 5.91 Å². The number of aromatic nitrogens is 2. The zero-order valence-electron chi connectivity index (χ0n) is 11.3. The van der Waals surface area contributed by atoms with Gasteiger partial charge in [0.15, 0.2) is 0 Å². The average Bonchev–Trinajstić information content (AvgIpc) is 2.81. The van der Waals surface area contributed by atoms with Gasteiger partial charge >= 0.3 is 0 Å². The van der Waals surface area contributed by atoms with E-state index < -0.39 is 0 Å². The summed E-state index contributed by atoms with van der Waals surface area (Å²) in [6.07, 6.45) is 0.994. The predicted molar refractivity (Wildman–Crippen MR) is 75.7 cm³/mol. The van der Waals surface area contributed by atoms with Crippen LogP contribution in [0.1, 0.15) is 21.6 Å². The van der Waals surface area contributed by atoms with Crippen molar-refractivity contribution < 1.29 is 4.79 Å². The summed E-state index contributed by atoms with van der Waals surface area (Å²) in [7, 11) is 0. The maximum Gasteiger partial charge on any atom is 0.271 e. The molecule has 1 amide bonds. The number of hydrogen-bond donors (Lipinski definition) is 2. The van der Waals surface area contributed by atoms with E-state index in [9.17, 15) is 9.59 Å². The first-order chi connectivity index (χ1) is 9.61. The highest BCUT2D eigenvalue weighted by atomic mass is 16.2. The van der Waals surface area contributed by atoms with E-state index in [0.717, 1.165) is 19.5 Å². The number of aryl methyl sites for hydroxylation is 1. The molecular formula is C15H17N3O2. The zero-order chi connectivity index (χ0) is 14.1. The van der Waals surface area contributed by atoms with E-state index in [1.54, 1.807) is 4.90 Å². The summed E-state index contributed by atoms with van der Waals surface area (Å²) in [5.74, 6) is 0.399. The fourth-order valence-electron chi connectivity index (χ4n) is 2.54. The number of benzene rings is 1. The van der Waals surface area contributed by atoms with Crippen LogP contribution >= 0.6 is 0 Å². The van der Waals surface area contributed by atoms with Crippen molar-refractivity contribution in [2.24, 2.45) is 5.92 Å². The van der Waals surface area contributed by atoms with Crippen molar-refractivity contribution in [3.8, 4) is 0 Å². The number of hydrogen-bond acceptors (Lipinski definition) is 2. The summed E-state index contributed by atoms with van der Waals surface area (Å²) in [4.78, 5) is 24.8. The van der Waals surface area contributed by atoms with Gasteiger partial charge in [-0.3, -0.25) is 19.8 Å². The van der Waals surface area contributed by atoms with Crippen molar-refractivity contribution in [3.63, 3.8) is 0 Å². The Morgan fingerprint density at radius 1 is 1.25 bits per heavy atom. The van der Waals surface area contributed by atoms with Gasteiger partial charge in [0.05, 0.1) is 0 Å². The first kappa shape index (κ1) is 12.7. The largest absolute Gasteiger partial charge is 0.337 e. The lowest BCUT2D eigenvalue weighted by Crippen LogP contribution is -2.50. The van der Waals surface area contributed by atoms with Crippen molar-refractivity contribution in [2.45, 2.75) is 13.3 Å². The molecule has 0 saturated carbocycles. The van der Waals surface area contributed by atoms with Gasteiger partial charge < -0.3 is 4.90 Å². The van der Waals surface area contributed by atoms with Gasteiger partial charge in [-0.25, -0.2) is 0 Å². The quantitative estimate of drug-likeness (QED) is 0.884. The predicted octanol–water partition coefficient (Wildman–Crippen LogP) is 1.33. The Kier molecular flexibility index (Phi) is 3.18. The fourth-order valence-corrected chi connectivity index (χ4v) is 2.54. The molecule has 1 aromatic heterocycles. The molecule has 1 aliphatic rings. The number of likely N-dealkylation sites (tertiary alicyclic amines) is 1. The SMILES string of the molecule is Cc1ccc(CC2CN(C(=O)c3cc(=O)[nH][nH]3)C2)cc1. The lowest BCUT2D eigenvalue weighted by Gasteiger charge is -2.39. The Bertz CT molecular complexity index is 663. The summed E-state index contributed by atoms with van der Waals surface area (Å²) in [6.45, 7) is 3.57. The maximum absolute atomic E-state index is 12.0. The standard InChI is InChI=1S/C15H17N3O2/c1-10-2-4-11(5-3-10)6-12-8-18(9-12)15(20)13-7-14(19)17-16-13/h2-5,7,12H,6,8-9H2,1H3,(H2,16,17,19). The van der Waals surface area contributed by atoms with Gasteiger partial charge in [-0.15, -0.1) is 0 Å². The van der Waals surface area contributed by atoms with E-state index >= 15 is 0 Å². The highest BCUT2D eigenvalue weighted by molar-refractivity contribution is 5.92. The van der Waals surface area contributed by atoms with Crippen molar-refractivity contribution in [1.29, 1.82) is 0 Å². The number of aromatic amines is 2. The van der Waals surface area contributed by atoms with Gasteiger partial charge in [0.25, 0.3) is 11.5 Å². The van der Waals surface area contributed by atoms with Crippen LogP contribution in [0.25, 0.3) is 0 Å². The van der Waals surface area contributed by atoms with Gasteiger partial charge in [-0.2, -0.15) is 0 Å². The Hall–Kier alpha value is -2.30. The monoisotopic (exact) mass is 271 g/mol. The minimum Gasteiger partial charge on any atom is -0.337 e. The van der Waals surface area contributed by atoms with Gasteiger partial charge in [-0.1, -0.05) is 29.8 Å². The van der Waals surface area contributed by atoms with Crippen molar-refractivity contribution in [3.05, 3.63) is 57.5 Å². The first-order valence-electron chi connectivity index (χ1n) is 6.74. The highest BCUT2D eigenvalue weighted by Crippen LogP contribution is 2.22. The third-order valence-corrected chi connectivity index (χ3v) is 3.72. The van der Waals surface area contributed by atoms with E-state index in [-0.39, 0.29) is 11.5 Å². The molecule has 0 aliphatic carbocycles. The lowest BCUT2D eigenvalue weighted by molar-refractivity contribution is 0.0495. The number of H-pyrrole nitrogens is 2. The topological polar surface area (TPSA) is 69.0 Å². The van der Waals surface area contributed by atoms with Crippen molar-refractivity contribution in [1.82, 2.24) is 15.1 Å². The van der Waals surface area contributed by atoms with Crippen LogP contribution in [-0.2, 0) is 6.42 Å². The van der Waals surface area contributed by atoms with E-state index in [1.165, 1.54) is 17.2 Å². The molecule has 104 valence electrons. The summed E-state index contributed by atoms with van der Waals surface area (Å²) < 4.78 is 0. The van der Waals surface area contributed by atoms with E-state index in [1.807, 2.05) is 0 Å². The van der Waals surface area contributed by atoms with E-state index in [2.05, 4.69) is 41.4 Å². The molecule has 0 radical (unpaired) electrons. The molecule has 5 heteroatoms. The molecule has 3 rings (SSSR count). The number of nitrogens with zero attached hydrogens (tertiary/aromatic N) is 1. The molecule has 1 aliphatic heterocycles. The number of amides is 1. The lowest BCUT2D eigenvalue weighted by atomic mass is 9.91. The number of carbonyl (C=O) groups is 1. The number of nitrogens with one attached hydrogen (secondary N) is 2. The minimum atomic E-state index is -0.273. The summed E-state index contributed by atoms with van der Waals surface area (Å²) in [5, 5.41) is 4.98. The van der Waals surface area contributed by atoms with Gasteiger partial charge in [-0.05, 0) is 24.8 Å². The van der Waals surface area contributed by atoms with Crippen LogP contribution in [0.3, 0.4) is 0 Å². The molecule has 0 atom stereocenters. The molecule has 2 heterocycles. The molecule has 20 heavy (non-hydrogen) atoms. The highest BCUT2D eigenvalue weighted by Gasteiger charge is 2.31. The van der Waals surface area contributed by atoms with Crippen LogP contribution in [0.2, 0.25) is 0 Å². The molecule has 0 unspecified atom stereocenters. The number of rotatable bonds is 3. The Morgan fingerprint density at radius 2 is 1.95 bits per heavy atom. The minimum absolute atomic E-state index is 0.108. The smallest absolute Gasteiger partial charge is 0.271 e. The van der Waals surface area contributed by atoms with Crippen LogP contribution < -0.4 is 5.56 Å². The van der Waals surface area contributed by atoms with Crippen LogP contribution in [0.5, 0.6) is 0 Å². The van der Waals surface area contributed by atoms with Gasteiger partial charge in [0.1, 0.15) is 5.69 Å². The second-order valence-corrected chi connectivity index (χ2v) is 5.44. The Labute approximate surface area is 116 Å². The van der Waals surface area contributed by atoms with E-state index in [0.29, 0.717) is 11.6 Å². The maximum atomic E-state index is 12.0. The van der Waals surface area contributed by atoms with Crippen LogP contribution in [0.15, 0.2) is 35.1 Å². The Balaban J connectivity index is 1.55. The fraction of sp³-hybridized carbons (Fsp3) is 0.333. The molecule has 2 aromatic rings. The third-order valence-electron chi connectivity index (χ3n) is 3.72. The molecule has 0 bridgehead atoms. The summed E-state index contributed by atoms with van der Waals surface area (Å²) in [6, 6.07) is 9.81. The average molecular weight is 271 g/mol. The van der Waals surface area contributed by atoms with Crippen LogP contribution in [0, 0.1) is 12.8 Å². The molecule has 0 spiro atoms. The molecular weight excluding hydrogens is 254 g/mol. The van der Waals surface area contributed by atoms with E-state index in [4.69, 9.17) is 0 Å². The third kappa shape index (κ3) is 2.52. The van der Waals surface area contributed by atoms with Crippen LogP contribution in [0.4, 0.5) is 0 Å². The zero-order valence-corrected chi connectivity index (χ0v) is 11.3. The molecule has 5 nitrogen and oxygen atoms in total. The van der Waals surface area contributed by atoms with Gasteiger partial charge in [0.2, 0.25) is 0 Å². The second-order valence-electron chi connectivity index (χ2n) is 5.44. The molecule has 1 aromatic carbocycles. The molecule has 1 saturated heterocycles. The van der Waals surface area contributed by atoms with Crippen molar-refractivity contribution in [2.75, 3.05) is 13.1 Å². The second kappa shape index (κ2) is 5.00. The summed E-state index contributed by atoms with van der Waals surface area (Å²) >= 11 is 0.